The molecule has 0 N–H and O–H groups in total. The van der Waals surface area contributed by atoms with E-state index in [0.29, 0.717) is 17.5 Å². The minimum absolute atomic E-state index is 0.597. The molecule has 0 saturated carbocycles. The van der Waals surface area contributed by atoms with E-state index in [9.17, 15) is 0 Å². The van der Waals surface area contributed by atoms with Crippen LogP contribution < -0.4 is 38.2 Å². The topological polar surface area (TPSA) is 56.7 Å². The monoisotopic (exact) mass is 724 g/mol. The van der Waals surface area contributed by atoms with Crippen LogP contribution in [0.15, 0.2) is 132 Å². The molecule has 7 aromatic carbocycles. The zero-order chi connectivity index (χ0) is 39.1. The van der Waals surface area contributed by atoms with Crippen LogP contribution in [0.4, 0.5) is 0 Å². The molecule has 0 amide bonds. The molecule has 262 valence electrons. The van der Waals surface area contributed by atoms with Crippen LogP contribution in [0.25, 0.3) is 94.7 Å². The Balaban J connectivity index is 1.26. The second kappa shape index (κ2) is 13.4. The third-order valence-electron chi connectivity index (χ3n) is 12.4. The van der Waals surface area contributed by atoms with Crippen LogP contribution in [0, 0.1) is 0 Å². The van der Waals surface area contributed by atoms with Crippen molar-refractivity contribution in [2.45, 2.75) is 0 Å². The molecule has 57 heavy (non-hydrogen) atoms. The zero-order valence-electron chi connectivity index (χ0n) is 33.3. The molecule has 0 fully saturated rings. The molecule has 0 unspecified atom stereocenters. The van der Waals surface area contributed by atoms with Gasteiger partial charge in [-0.15, -0.1) is 5.46 Å². The first-order chi connectivity index (χ1) is 27.7. The summed E-state index contributed by atoms with van der Waals surface area (Å²) in [6.07, 6.45) is 0. The minimum atomic E-state index is 0.597. The predicted molar refractivity (Wildman–Crippen MR) is 260 cm³/mol. The highest BCUT2D eigenvalue weighted by Gasteiger charge is 2.26. The lowest BCUT2D eigenvalue weighted by Crippen LogP contribution is -2.48. The SMILES string of the molecule is Bc1c(B)c(B)c2c(c1B)c1c(B)c(B)c(-c3ccccc3)c(B)c1n2-c1cccc2oc3cc(-c4nc(-c5ccccc5)nc(-c5ccccc5)n4)ccc3c12. The molecule has 10 aromatic rings. The maximum absolute atomic E-state index is 6.79. The molecule has 5 nitrogen and oxygen atoms in total. The highest BCUT2D eigenvalue weighted by Crippen LogP contribution is 2.39. The lowest BCUT2D eigenvalue weighted by atomic mass is 9.64. The van der Waals surface area contributed by atoms with Crippen LogP contribution in [-0.2, 0) is 0 Å². The highest BCUT2D eigenvalue weighted by molar-refractivity contribution is 6.69. The van der Waals surface area contributed by atoms with Crippen LogP contribution in [-0.4, -0.2) is 74.4 Å². The van der Waals surface area contributed by atoms with Crippen molar-refractivity contribution < 1.29 is 4.42 Å². The smallest absolute Gasteiger partial charge is 0.164 e. The van der Waals surface area contributed by atoms with Crippen LogP contribution in [0.5, 0.6) is 0 Å². The molecule has 0 radical (unpaired) electrons. The fourth-order valence-electron chi connectivity index (χ4n) is 9.06. The number of nitrogens with zero attached hydrogens (tertiary/aromatic N) is 4. The normalized spacial score (nSPS) is 11.6. The van der Waals surface area contributed by atoms with E-state index in [0.717, 1.165) is 44.3 Å². The molecule has 0 atom stereocenters. The van der Waals surface area contributed by atoms with E-state index in [1.807, 2.05) is 60.7 Å². The summed E-state index contributed by atoms with van der Waals surface area (Å²) in [5.74, 6) is 1.86. The average molecular weight is 723 g/mol. The third kappa shape index (κ3) is 5.38. The van der Waals surface area contributed by atoms with E-state index in [-0.39, 0.29) is 0 Å². The van der Waals surface area contributed by atoms with Crippen molar-refractivity contribution in [1.82, 2.24) is 19.5 Å². The van der Waals surface area contributed by atoms with E-state index < -0.39 is 0 Å². The largest absolute Gasteiger partial charge is 0.456 e. The summed E-state index contributed by atoms with van der Waals surface area (Å²) in [4.78, 5) is 14.9. The number of aromatic nitrogens is 4. The third-order valence-corrected chi connectivity index (χ3v) is 12.4. The van der Waals surface area contributed by atoms with Crippen LogP contribution in [0.3, 0.4) is 0 Å². The van der Waals surface area contributed by atoms with Gasteiger partial charge in [-0.05, 0) is 46.2 Å². The van der Waals surface area contributed by atoms with Gasteiger partial charge in [-0.25, -0.2) is 15.0 Å². The quantitative estimate of drug-likeness (QED) is 0.222. The molecular weight excluding hydrogens is 688 g/mol. The van der Waals surface area contributed by atoms with Crippen molar-refractivity contribution >= 4 is 137 Å². The highest BCUT2D eigenvalue weighted by atomic mass is 16.3. The average Bonchev–Trinajstić information content (AvgIpc) is 3.82. The lowest BCUT2D eigenvalue weighted by molar-refractivity contribution is 0.669. The predicted octanol–water partition coefficient (Wildman–Crippen LogP) is -0.655. The maximum Gasteiger partial charge on any atom is 0.164 e. The number of hydrogen-bond donors (Lipinski definition) is 0. The van der Waals surface area contributed by atoms with Gasteiger partial charge in [0.05, 0.1) is 11.1 Å². The Labute approximate surface area is 337 Å². The second-order valence-corrected chi connectivity index (χ2v) is 15.4. The van der Waals surface area contributed by atoms with Gasteiger partial charge in [-0.1, -0.05) is 136 Å². The molecule has 10 rings (SSSR count). The molecule has 0 bridgehead atoms. The van der Waals surface area contributed by atoms with Gasteiger partial charge in [0.15, 0.2) is 17.5 Å². The van der Waals surface area contributed by atoms with Gasteiger partial charge in [0.1, 0.15) is 66.1 Å². The van der Waals surface area contributed by atoms with E-state index in [1.54, 1.807) is 0 Å². The molecular formula is C45H35B7N4O. The van der Waals surface area contributed by atoms with Crippen molar-refractivity contribution in [3.8, 4) is 51.0 Å². The van der Waals surface area contributed by atoms with Crippen LogP contribution in [0.1, 0.15) is 0 Å². The van der Waals surface area contributed by atoms with Gasteiger partial charge in [0.25, 0.3) is 0 Å². The Morgan fingerprint density at radius 2 is 0.895 bits per heavy atom. The summed E-state index contributed by atoms with van der Waals surface area (Å²) in [5.41, 5.74) is 19.7. The standard InChI is InChI=1S/C45H35B7N4O/c46-34-30(22-11-4-1-5-12-22)37(49)41-32(35(34)47)33-36(48)38(50)39(51)40(52)42(33)56(41)27-17-10-18-28-31(27)26-20-19-25(21-29(26)57-28)45-54-43(23-13-6-2-7-14-23)53-44(55-45)24-15-8-3-9-16-24/h1-21H,46-52H2. The van der Waals surface area contributed by atoms with Crippen molar-refractivity contribution in [3.63, 3.8) is 0 Å². The van der Waals surface area contributed by atoms with Crippen molar-refractivity contribution in [2.24, 2.45) is 0 Å². The molecule has 0 aliphatic carbocycles. The van der Waals surface area contributed by atoms with Gasteiger partial charge in [-0.2, -0.15) is 0 Å². The first-order valence-electron chi connectivity index (χ1n) is 19.6. The summed E-state index contributed by atoms with van der Waals surface area (Å²) in [7, 11) is 16.0. The first kappa shape index (κ1) is 35.0. The molecule has 0 aliphatic rings. The van der Waals surface area contributed by atoms with E-state index in [1.165, 1.54) is 71.2 Å². The van der Waals surface area contributed by atoms with E-state index in [4.69, 9.17) is 19.4 Å². The van der Waals surface area contributed by atoms with Crippen LogP contribution >= 0.6 is 0 Å². The zero-order valence-corrected chi connectivity index (χ0v) is 33.3. The maximum atomic E-state index is 6.79. The molecule has 0 saturated heterocycles. The van der Waals surface area contributed by atoms with Gasteiger partial charge in [0, 0.05) is 33.1 Å². The first-order valence-corrected chi connectivity index (χ1v) is 19.6. The number of benzene rings is 7. The summed E-state index contributed by atoms with van der Waals surface area (Å²) in [5, 5.41) is 4.79. The Morgan fingerprint density at radius 1 is 0.386 bits per heavy atom. The van der Waals surface area contributed by atoms with Crippen LogP contribution in [0.2, 0.25) is 0 Å². The molecule has 0 aliphatic heterocycles. The summed E-state index contributed by atoms with van der Waals surface area (Å²) in [6, 6.07) is 43.9. The number of furan rings is 1. The fourth-order valence-corrected chi connectivity index (χ4v) is 9.06. The van der Waals surface area contributed by atoms with Gasteiger partial charge < -0.3 is 8.98 Å². The molecule has 3 heterocycles. The number of hydrogen-bond acceptors (Lipinski definition) is 4. The van der Waals surface area contributed by atoms with Gasteiger partial charge in [0.2, 0.25) is 0 Å². The Morgan fingerprint density at radius 3 is 1.49 bits per heavy atom. The van der Waals surface area contributed by atoms with Crippen molar-refractivity contribution in [2.75, 3.05) is 0 Å². The number of fused-ring (bicyclic) bond motifs is 6. The number of rotatable bonds is 5. The van der Waals surface area contributed by atoms with Crippen molar-refractivity contribution in [3.05, 3.63) is 127 Å². The second-order valence-electron chi connectivity index (χ2n) is 15.4. The van der Waals surface area contributed by atoms with Gasteiger partial charge >= 0.3 is 0 Å². The van der Waals surface area contributed by atoms with E-state index >= 15 is 0 Å². The van der Waals surface area contributed by atoms with E-state index in [2.05, 4.69) is 126 Å². The summed E-state index contributed by atoms with van der Waals surface area (Å²) >= 11 is 0. The summed E-state index contributed by atoms with van der Waals surface area (Å²) < 4.78 is 9.33. The molecule has 12 heteroatoms. The fraction of sp³-hybridized carbons (Fsp3) is 0. The lowest BCUT2D eigenvalue weighted by Gasteiger charge is -2.19. The van der Waals surface area contributed by atoms with Crippen molar-refractivity contribution in [1.29, 1.82) is 0 Å². The Kier molecular flexibility index (Phi) is 8.22. The minimum Gasteiger partial charge on any atom is -0.456 e. The summed E-state index contributed by atoms with van der Waals surface area (Å²) in [6.45, 7) is 0. The molecule has 0 spiro atoms. The Hall–Kier alpha value is -6.40. The Bertz CT molecular complexity index is 3200. The molecule has 3 aromatic heterocycles. The van der Waals surface area contributed by atoms with Gasteiger partial charge in [-0.3, -0.25) is 0 Å².